The van der Waals surface area contributed by atoms with Gasteiger partial charge in [0.2, 0.25) is 0 Å². The minimum Gasteiger partial charge on any atom is -0.411 e. The van der Waals surface area contributed by atoms with Gasteiger partial charge >= 0.3 is 0 Å². The third kappa shape index (κ3) is 7.39. The van der Waals surface area contributed by atoms with E-state index >= 15 is 0 Å². The maximum absolute atomic E-state index is 12.1. The number of hydrogen-bond donors (Lipinski definition) is 1. The minimum atomic E-state index is -1.74. The molecule has 0 radical (unpaired) electrons. The van der Waals surface area contributed by atoms with Crippen molar-refractivity contribution in [2.24, 2.45) is 29.1 Å². The second kappa shape index (κ2) is 15.0. The second-order valence-corrected chi connectivity index (χ2v) is 26.5. The molecule has 3 aliphatic rings. The van der Waals surface area contributed by atoms with Crippen molar-refractivity contribution < 1.29 is 9.53 Å². The van der Waals surface area contributed by atoms with E-state index in [-0.39, 0.29) is 5.60 Å². The van der Waals surface area contributed by atoms with Gasteiger partial charge in [0, 0.05) is 5.92 Å². The van der Waals surface area contributed by atoms with Crippen molar-refractivity contribution in [3.05, 3.63) is 47.6 Å². The number of rotatable bonds is 14. The van der Waals surface area contributed by atoms with Crippen LogP contribution >= 0.6 is 0 Å². The second-order valence-electron chi connectivity index (χ2n) is 16.2. The van der Waals surface area contributed by atoms with Gasteiger partial charge in [-0.3, -0.25) is 0 Å². The summed E-state index contributed by atoms with van der Waals surface area (Å²) < 4.78 is 7.00. The van der Waals surface area contributed by atoms with E-state index in [0.29, 0.717) is 23.2 Å². The molecule has 3 aliphatic carbocycles. The molecule has 252 valence electrons. The van der Waals surface area contributed by atoms with Crippen molar-refractivity contribution in [1.82, 2.24) is 0 Å². The third-order valence-electron chi connectivity index (χ3n) is 14.2. The van der Waals surface area contributed by atoms with Gasteiger partial charge in [-0.2, -0.15) is 0 Å². The SMILES string of the molecule is C=C1CC[C@@](O)([Si](CC)(CC)CC)C/C1=C/C=C1\CCC[C@]2(C)[C@@H]([C@H](C)/C=C/[C@H](C)C(C)(C)O[Si](CC)(CC)CC)CC[C@@H]12. The maximum Gasteiger partial charge on any atom is 0.192 e. The molecule has 6 atom stereocenters. The molecule has 1 N–H and O–H groups in total. The minimum absolute atomic E-state index is 0.121. The first kappa shape index (κ1) is 37.8. The van der Waals surface area contributed by atoms with E-state index in [1.165, 1.54) is 79.5 Å². The van der Waals surface area contributed by atoms with Crippen molar-refractivity contribution in [2.45, 2.75) is 175 Å². The zero-order chi connectivity index (χ0) is 33.0. The summed E-state index contributed by atoms with van der Waals surface area (Å²) in [7, 11) is -3.39. The largest absolute Gasteiger partial charge is 0.411 e. The highest BCUT2D eigenvalue weighted by Crippen LogP contribution is 2.59. The summed E-state index contributed by atoms with van der Waals surface area (Å²) in [6.07, 6.45) is 19.2. The molecule has 0 aromatic heterocycles. The maximum atomic E-state index is 12.1. The molecular weight excluding hydrogens is 569 g/mol. The van der Waals surface area contributed by atoms with Crippen LogP contribution in [-0.4, -0.2) is 32.3 Å². The Morgan fingerprint density at radius 1 is 0.909 bits per heavy atom. The van der Waals surface area contributed by atoms with Crippen molar-refractivity contribution >= 4 is 16.4 Å². The standard InChI is InChI=1S/C40H72O2Si2/c1-13-43(14-2,15-3)40(41)29-27-31(7)35(30-40)24-23-34-20-19-28-39(12)36(25-26-37(34)39)32(8)21-22-33(9)38(10,11)42-44(16-4,17-5)18-6/h21-24,32-33,36-37,41H,7,13-20,25-30H2,1-6,8-12H3/b22-21+,34-23+,35-24-/t32-,33+,36-,37+,39-,40-/m1/s1. The molecule has 0 aromatic carbocycles. The molecule has 4 heteroatoms. The summed E-state index contributed by atoms with van der Waals surface area (Å²) in [5.41, 5.74) is 4.51. The predicted octanol–water partition coefficient (Wildman–Crippen LogP) is 12.2. The number of allylic oxidation sites excluding steroid dienone is 5. The van der Waals surface area contributed by atoms with Crippen molar-refractivity contribution in [1.29, 1.82) is 0 Å². The van der Waals surface area contributed by atoms with Gasteiger partial charge in [0.05, 0.1) is 18.9 Å². The molecule has 0 aliphatic heterocycles. The topological polar surface area (TPSA) is 29.5 Å². The molecule has 0 saturated heterocycles. The van der Waals surface area contributed by atoms with E-state index in [0.717, 1.165) is 25.2 Å². The Hall–Kier alpha value is -0.686. The molecule has 0 unspecified atom stereocenters. The first-order valence-electron chi connectivity index (χ1n) is 18.8. The van der Waals surface area contributed by atoms with Crippen LogP contribution in [0.4, 0.5) is 0 Å². The predicted molar refractivity (Wildman–Crippen MR) is 199 cm³/mol. The monoisotopic (exact) mass is 641 g/mol. The quantitative estimate of drug-likeness (QED) is 0.151. The van der Waals surface area contributed by atoms with E-state index in [9.17, 15) is 5.11 Å². The first-order chi connectivity index (χ1) is 20.7. The van der Waals surface area contributed by atoms with Crippen LogP contribution in [0.15, 0.2) is 47.6 Å². The number of fused-ring (bicyclic) bond motifs is 1. The molecule has 0 heterocycles. The number of hydrogen-bond acceptors (Lipinski definition) is 2. The smallest absolute Gasteiger partial charge is 0.192 e. The molecular formula is C40H72O2Si2. The van der Waals surface area contributed by atoms with Gasteiger partial charge in [0.1, 0.15) is 0 Å². The van der Waals surface area contributed by atoms with E-state index in [1.807, 2.05) is 0 Å². The highest BCUT2D eigenvalue weighted by atomic mass is 28.4. The summed E-state index contributed by atoms with van der Waals surface area (Å²) in [6, 6.07) is 7.14. The number of aliphatic hydroxyl groups is 1. The van der Waals surface area contributed by atoms with Gasteiger partial charge in [-0.25, -0.2) is 0 Å². The van der Waals surface area contributed by atoms with Gasteiger partial charge in [-0.05, 0) is 112 Å². The molecule has 0 bridgehead atoms. The van der Waals surface area contributed by atoms with Crippen LogP contribution in [0.5, 0.6) is 0 Å². The zero-order valence-electron chi connectivity index (χ0n) is 31.1. The Morgan fingerprint density at radius 2 is 1.52 bits per heavy atom. The lowest BCUT2D eigenvalue weighted by atomic mass is 9.61. The zero-order valence-corrected chi connectivity index (χ0v) is 33.1. The van der Waals surface area contributed by atoms with E-state index in [2.05, 4.69) is 107 Å². The molecule has 2 nitrogen and oxygen atoms in total. The summed E-state index contributed by atoms with van der Waals surface area (Å²) >= 11 is 0. The Kier molecular flexibility index (Phi) is 12.9. The highest BCUT2D eigenvalue weighted by Gasteiger charge is 2.51. The molecule has 3 fully saturated rings. The van der Waals surface area contributed by atoms with Crippen molar-refractivity contribution in [2.75, 3.05) is 0 Å². The Labute approximate surface area is 276 Å². The third-order valence-corrected chi connectivity index (χ3v) is 25.5. The fourth-order valence-electron chi connectivity index (χ4n) is 10.1. The molecule has 0 aromatic rings. The van der Waals surface area contributed by atoms with Gasteiger partial charge in [0.15, 0.2) is 8.32 Å². The summed E-state index contributed by atoms with van der Waals surface area (Å²) in [4.78, 5) is 0. The Bertz CT molecular complexity index is 1040. The van der Waals surface area contributed by atoms with Crippen LogP contribution < -0.4 is 0 Å². The Balaban J connectivity index is 1.77. The van der Waals surface area contributed by atoms with E-state index in [1.54, 1.807) is 5.57 Å². The summed E-state index contributed by atoms with van der Waals surface area (Å²) in [5, 5.41) is 11.6. The molecule has 0 amide bonds. The van der Waals surface area contributed by atoms with Gasteiger partial charge < -0.3 is 9.53 Å². The normalized spacial score (nSPS) is 32.0. The molecule has 3 rings (SSSR count). The van der Waals surface area contributed by atoms with Gasteiger partial charge in [0.25, 0.3) is 0 Å². The first-order valence-corrected chi connectivity index (χ1v) is 24.0. The fourth-order valence-corrected chi connectivity index (χ4v) is 18.0. The van der Waals surface area contributed by atoms with Crippen LogP contribution in [0.2, 0.25) is 36.3 Å². The lowest BCUT2D eigenvalue weighted by molar-refractivity contribution is 0.0584. The fraction of sp³-hybridized carbons (Fsp3) is 0.800. The van der Waals surface area contributed by atoms with Crippen molar-refractivity contribution in [3.63, 3.8) is 0 Å². The lowest BCUT2D eigenvalue weighted by Gasteiger charge is -2.48. The van der Waals surface area contributed by atoms with Crippen LogP contribution in [-0.2, 0) is 4.43 Å². The van der Waals surface area contributed by atoms with Crippen LogP contribution in [0.1, 0.15) is 128 Å². The van der Waals surface area contributed by atoms with Crippen LogP contribution in [0, 0.1) is 29.1 Å². The van der Waals surface area contributed by atoms with E-state index in [4.69, 9.17) is 4.43 Å². The highest BCUT2D eigenvalue weighted by molar-refractivity contribution is 6.82. The summed E-state index contributed by atoms with van der Waals surface area (Å²) in [6.45, 7) is 30.6. The average molecular weight is 641 g/mol. The van der Waals surface area contributed by atoms with Gasteiger partial charge in [-0.15, -0.1) is 0 Å². The van der Waals surface area contributed by atoms with Gasteiger partial charge in [-0.1, -0.05) is 122 Å². The molecule has 3 saturated carbocycles. The summed E-state index contributed by atoms with van der Waals surface area (Å²) in [5.74, 6) is 2.39. The van der Waals surface area contributed by atoms with Crippen molar-refractivity contribution in [3.8, 4) is 0 Å². The van der Waals surface area contributed by atoms with Crippen LogP contribution in [0.25, 0.3) is 0 Å². The van der Waals surface area contributed by atoms with E-state index < -0.39 is 21.6 Å². The molecule has 44 heavy (non-hydrogen) atoms. The Morgan fingerprint density at radius 3 is 2.09 bits per heavy atom. The van der Waals surface area contributed by atoms with Crippen LogP contribution in [0.3, 0.4) is 0 Å². The average Bonchev–Trinajstić information content (AvgIpc) is 3.37. The lowest BCUT2D eigenvalue weighted by Crippen LogP contribution is -2.58. The molecule has 0 spiro atoms.